The van der Waals surface area contributed by atoms with Crippen LogP contribution in [0.4, 0.5) is 0 Å². The summed E-state index contributed by atoms with van der Waals surface area (Å²) in [5.74, 6) is 0.935. The van der Waals surface area contributed by atoms with E-state index in [0.717, 1.165) is 12.8 Å². The van der Waals surface area contributed by atoms with E-state index in [9.17, 15) is 4.79 Å². The van der Waals surface area contributed by atoms with Crippen LogP contribution in [0.15, 0.2) is 0 Å². The summed E-state index contributed by atoms with van der Waals surface area (Å²) in [4.78, 5) is 11.2. The van der Waals surface area contributed by atoms with Gasteiger partial charge in [0.2, 0.25) is 0 Å². The maximum absolute atomic E-state index is 11.2. The fourth-order valence-corrected chi connectivity index (χ4v) is 0.988. The van der Waals surface area contributed by atoms with Gasteiger partial charge >= 0.3 is 0 Å². The van der Waals surface area contributed by atoms with Crippen molar-refractivity contribution in [1.82, 2.24) is 0 Å². The minimum atomic E-state index is 0.0738. The first-order valence-electron chi connectivity index (χ1n) is 4.83. The lowest BCUT2D eigenvalue weighted by molar-refractivity contribution is -0.119. The Morgan fingerprint density at radius 2 is 2.00 bits per heavy atom. The summed E-state index contributed by atoms with van der Waals surface area (Å²) in [7, 11) is 0. The molecule has 1 unspecified atom stereocenters. The first-order chi connectivity index (χ1) is 5.56. The topological polar surface area (TPSA) is 43.1 Å². The Balaban J connectivity index is 3.46. The zero-order chi connectivity index (χ0) is 9.56. The molecule has 0 aliphatic carbocycles. The summed E-state index contributed by atoms with van der Waals surface area (Å²) >= 11 is 0. The van der Waals surface area contributed by atoms with Crippen LogP contribution in [-0.4, -0.2) is 11.8 Å². The van der Waals surface area contributed by atoms with E-state index in [4.69, 9.17) is 5.73 Å². The zero-order valence-electron chi connectivity index (χ0n) is 8.47. The van der Waals surface area contributed by atoms with Gasteiger partial charge in [0.1, 0.15) is 5.78 Å². The van der Waals surface area contributed by atoms with Gasteiger partial charge in [-0.05, 0) is 18.8 Å². The third-order valence-corrected chi connectivity index (χ3v) is 2.01. The number of hydrogen-bond donors (Lipinski definition) is 1. The van der Waals surface area contributed by atoms with E-state index in [1.54, 1.807) is 0 Å². The van der Waals surface area contributed by atoms with Gasteiger partial charge in [0.25, 0.3) is 0 Å². The number of ketones is 1. The first kappa shape index (κ1) is 11.6. The van der Waals surface area contributed by atoms with Gasteiger partial charge in [-0.1, -0.05) is 20.8 Å². The van der Waals surface area contributed by atoms with Crippen LogP contribution >= 0.6 is 0 Å². The van der Waals surface area contributed by atoms with Crippen molar-refractivity contribution in [1.29, 1.82) is 0 Å². The van der Waals surface area contributed by atoms with E-state index in [0.29, 0.717) is 24.5 Å². The predicted molar refractivity (Wildman–Crippen MR) is 52.0 cm³/mol. The molecule has 1 atom stereocenters. The predicted octanol–water partition coefficient (Wildman–Crippen LogP) is 2.12. The molecule has 0 aromatic heterocycles. The summed E-state index contributed by atoms with van der Waals surface area (Å²) in [6.07, 6.45) is 3.15. The molecule has 0 bridgehead atoms. The zero-order valence-corrected chi connectivity index (χ0v) is 8.47. The molecule has 0 aromatic rings. The highest BCUT2D eigenvalue weighted by Crippen LogP contribution is 2.06. The highest BCUT2D eigenvalue weighted by molar-refractivity contribution is 5.78. The molecule has 2 nitrogen and oxygen atoms in total. The molecule has 0 aliphatic heterocycles. The second-order valence-corrected chi connectivity index (χ2v) is 3.84. The van der Waals surface area contributed by atoms with Crippen molar-refractivity contribution in [2.75, 3.05) is 0 Å². The Kier molecular flexibility index (Phi) is 5.99. The molecule has 0 fully saturated rings. The van der Waals surface area contributed by atoms with Gasteiger partial charge in [0.15, 0.2) is 0 Å². The lowest BCUT2D eigenvalue weighted by Crippen LogP contribution is -2.22. The van der Waals surface area contributed by atoms with Crippen molar-refractivity contribution in [2.24, 2.45) is 11.7 Å². The Labute approximate surface area is 75.5 Å². The average molecular weight is 171 g/mol. The molecule has 0 aliphatic rings. The largest absolute Gasteiger partial charge is 0.327 e. The Morgan fingerprint density at radius 3 is 2.42 bits per heavy atom. The van der Waals surface area contributed by atoms with Crippen LogP contribution < -0.4 is 5.73 Å². The number of Topliss-reactive ketones (excluding diaryl/α,β-unsaturated/α-hetero) is 1. The van der Waals surface area contributed by atoms with Gasteiger partial charge < -0.3 is 5.73 Å². The Hall–Kier alpha value is -0.370. The summed E-state index contributed by atoms with van der Waals surface area (Å²) in [6.45, 7) is 6.28. The third kappa shape index (κ3) is 6.35. The monoisotopic (exact) mass is 171 g/mol. The molecule has 2 heteroatoms. The second kappa shape index (κ2) is 6.18. The van der Waals surface area contributed by atoms with E-state index in [-0.39, 0.29) is 6.04 Å². The van der Waals surface area contributed by atoms with Crippen molar-refractivity contribution < 1.29 is 4.79 Å². The van der Waals surface area contributed by atoms with Crippen LogP contribution in [-0.2, 0) is 4.79 Å². The highest BCUT2D eigenvalue weighted by atomic mass is 16.1. The van der Waals surface area contributed by atoms with E-state index < -0.39 is 0 Å². The summed E-state index contributed by atoms with van der Waals surface area (Å²) in [5.41, 5.74) is 5.66. The molecule has 0 saturated carbocycles. The third-order valence-electron chi connectivity index (χ3n) is 2.01. The van der Waals surface area contributed by atoms with Crippen molar-refractivity contribution in [3.05, 3.63) is 0 Å². The van der Waals surface area contributed by atoms with Gasteiger partial charge in [0.05, 0.1) is 0 Å². The molecule has 12 heavy (non-hydrogen) atoms. The molecule has 0 amide bonds. The SMILES string of the molecule is CCC(N)CC(=O)CCC(C)C. The number of carbonyl (C=O) groups excluding carboxylic acids is 1. The molecule has 0 spiro atoms. The molecular weight excluding hydrogens is 150 g/mol. The summed E-state index contributed by atoms with van der Waals surface area (Å²) in [6, 6.07) is 0.0738. The second-order valence-electron chi connectivity index (χ2n) is 3.84. The molecule has 72 valence electrons. The van der Waals surface area contributed by atoms with Gasteiger partial charge in [-0.2, -0.15) is 0 Å². The number of carbonyl (C=O) groups is 1. The molecular formula is C10H21NO. The molecule has 0 radical (unpaired) electrons. The maximum atomic E-state index is 11.2. The Morgan fingerprint density at radius 1 is 1.42 bits per heavy atom. The minimum Gasteiger partial charge on any atom is -0.327 e. The van der Waals surface area contributed by atoms with Gasteiger partial charge in [0, 0.05) is 18.9 Å². The number of rotatable bonds is 6. The molecule has 2 N–H and O–H groups in total. The molecule has 0 rings (SSSR count). The smallest absolute Gasteiger partial charge is 0.134 e. The maximum Gasteiger partial charge on any atom is 0.134 e. The lowest BCUT2D eigenvalue weighted by Gasteiger charge is -2.08. The van der Waals surface area contributed by atoms with E-state index in [1.165, 1.54) is 0 Å². The quantitative estimate of drug-likeness (QED) is 0.665. The number of hydrogen-bond acceptors (Lipinski definition) is 2. The van der Waals surface area contributed by atoms with Crippen molar-refractivity contribution in [3.8, 4) is 0 Å². The standard InChI is InChI=1S/C10H21NO/c1-4-9(11)7-10(12)6-5-8(2)3/h8-9H,4-7,11H2,1-3H3. The molecule has 0 aromatic carbocycles. The van der Waals surface area contributed by atoms with Crippen LogP contribution in [0.2, 0.25) is 0 Å². The highest BCUT2D eigenvalue weighted by Gasteiger charge is 2.07. The van der Waals surface area contributed by atoms with Gasteiger partial charge in [-0.3, -0.25) is 4.79 Å². The summed E-state index contributed by atoms with van der Waals surface area (Å²) < 4.78 is 0. The Bertz CT molecular complexity index is 132. The van der Waals surface area contributed by atoms with Crippen molar-refractivity contribution in [3.63, 3.8) is 0 Å². The normalized spacial score (nSPS) is 13.4. The van der Waals surface area contributed by atoms with Crippen LogP contribution in [0.25, 0.3) is 0 Å². The fourth-order valence-electron chi connectivity index (χ4n) is 0.988. The van der Waals surface area contributed by atoms with Gasteiger partial charge in [-0.25, -0.2) is 0 Å². The van der Waals surface area contributed by atoms with E-state index in [2.05, 4.69) is 13.8 Å². The molecule has 0 heterocycles. The van der Waals surface area contributed by atoms with Crippen molar-refractivity contribution in [2.45, 2.75) is 52.5 Å². The van der Waals surface area contributed by atoms with Crippen LogP contribution in [0.1, 0.15) is 46.5 Å². The lowest BCUT2D eigenvalue weighted by atomic mass is 10.0. The average Bonchev–Trinajstić information content (AvgIpc) is 2.00. The first-order valence-corrected chi connectivity index (χ1v) is 4.83. The van der Waals surface area contributed by atoms with Crippen LogP contribution in [0, 0.1) is 5.92 Å². The fraction of sp³-hybridized carbons (Fsp3) is 0.900. The van der Waals surface area contributed by atoms with E-state index >= 15 is 0 Å². The minimum absolute atomic E-state index is 0.0738. The summed E-state index contributed by atoms with van der Waals surface area (Å²) in [5, 5.41) is 0. The van der Waals surface area contributed by atoms with Crippen LogP contribution in [0.5, 0.6) is 0 Å². The number of nitrogens with two attached hydrogens (primary N) is 1. The van der Waals surface area contributed by atoms with Crippen LogP contribution in [0.3, 0.4) is 0 Å². The van der Waals surface area contributed by atoms with Gasteiger partial charge in [-0.15, -0.1) is 0 Å². The van der Waals surface area contributed by atoms with E-state index in [1.807, 2.05) is 6.92 Å². The molecule has 0 saturated heterocycles. The van der Waals surface area contributed by atoms with Crippen molar-refractivity contribution >= 4 is 5.78 Å².